The number of benzene rings is 3. The van der Waals surface area contributed by atoms with Crippen LogP contribution in [0.3, 0.4) is 0 Å². The van der Waals surface area contributed by atoms with Crippen LogP contribution in [0.4, 0.5) is 10.1 Å². The van der Waals surface area contributed by atoms with Gasteiger partial charge in [-0.1, -0.05) is 47.5 Å². The molecule has 0 bridgehead atoms. The van der Waals surface area contributed by atoms with Gasteiger partial charge >= 0.3 is 0 Å². The summed E-state index contributed by atoms with van der Waals surface area (Å²) in [7, 11) is 1.66. The molecule has 0 spiro atoms. The molecule has 0 aromatic heterocycles. The van der Waals surface area contributed by atoms with Gasteiger partial charge in [0.05, 0.1) is 13.7 Å². The minimum Gasteiger partial charge on any atom is -0.497 e. The Hall–Kier alpha value is -2.61. The molecule has 4 rings (SSSR count). The molecular weight excluding hydrogens is 537 g/mol. The van der Waals surface area contributed by atoms with Crippen molar-refractivity contribution >= 4 is 21.6 Å². The number of nitrogens with one attached hydrogen (secondary N) is 1. The summed E-state index contributed by atoms with van der Waals surface area (Å²) in [5.41, 5.74) is 2.85. The predicted octanol–water partition coefficient (Wildman–Crippen LogP) is 7.82. The molecule has 7 heteroatoms. The van der Waals surface area contributed by atoms with Crippen LogP contribution in [0.5, 0.6) is 11.5 Å². The lowest BCUT2D eigenvalue weighted by Gasteiger charge is -2.44. The fraction of sp³-hybridized carbons (Fsp3) is 0.400. The van der Waals surface area contributed by atoms with Crippen LogP contribution in [-0.4, -0.2) is 25.4 Å². The molecule has 2 atom stereocenters. The SMILES string of the molecule is CCCCOC1c2cc(NCc3ccc(OC)cc3)ccc2OC(C)(C)C1OCc1ccc(Br)cc1F. The molecule has 1 heterocycles. The quantitative estimate of drug-likeness (QED) is 0.238. The predicted molar refractivity (Wildman–Crippen MR) is 148 cm³/mol. The lowest BCUT2D eigenvalue weighted by molar-refractivity contribution is -0.167. The summed E-state index contributed by atoms with van der Waals surface area (Å²) in [6.07, 6.45) is 1.18. The molecule has 0 saturated heterocycles. The molecule has 3 aromatic carbocycles. The van der Waals surface area contributed by atoms with Gasteiger partial charge in [0.2, 0.25) is 0 Å². The van der Waals surface area contributed by atoms with Crippen molar-refractivity contribution in [2.24, 2.45) is 0 Å². The molecule has 1 aliphatic rings. The van der Waals surface area contributed by atoms with E-state index in [0.29, 0.717) is 23.2 Å². The van der Waals surface area contributed by atoms with Crippen molar-refractivity contribution in [3.63, 3.8) is 0 Å². The van der Waals surface area contributed by atoms with Crippen LogP contribution in [0.25, 0.3) is 0 Å². The third-order valence-corrected chi connectivity index (χ3v) is 7.03. The Morgan fingerprint density at radius 3 is 2.51 bits per heavy atom. The van der Waals surface area contributed by atoms with Crippen molar-refractivity contribution < 1.29 is 23.3 Å². The highest BCUT2D eigenvalue weighted by Crippen LogP contribution is 2.44. The first-order chi connectivity index (χ1) is 17.8. The van der Waals surface area contributed by atoms with E-state index in [1.54, 1.807) is 13.2 Å². The van der Waals surface area contributed by atoms with Crippen molar-refractivity contribution in [3.05, 3.63) is 87.6 Å². The number of hydrogen-bond acceptors (Lipinski definition) is 5. The van der Waals surface area contributed by atoms with Crippen molar-refractivity contribution in [2.75, 3.05) is 19.0 Å². The fourth-order valence-electron chi connectivity index (χ4n) is 4.43. The van der Waals surface area contributed by atoms with Crippen molar-refractivity contribution in [2.45, 2.75) is 64.6 Å². The van der Waals surface area contributed by atoms with Gasteiger partial charge in [0.1, 0.15) is 35.1 Å². The van der Waals surface area contributed by atoms with Gasteiger partial charge < -0.3 is 24.3 Å². The monoisotopic (exact) mass is 571 g/mol. The Labute approximate surface area is 227 Å². The van der Waals surface area contributed by atoms with E-state index >= 15 is 0 Å². The van der Waals surface area contributed by atoms with Gasteiger partial charge in [0.25, 0.3) is 0 Å². The van der Waals surface area contributed by atoms with Crippen LogP contribution in [0.2, 0.25) is 0 Å². The largest absolute Gasteiger partial charge is 0.497 e. The summed E-state index contributed by atoms with van der Waals surface area (Å²) in [5.74, 6) is 1.30. The second-order valence-electron chi connectivity index (χ2n) is 9.77. The number of methoxy groups -OCH3 is 1. The second-order valence-corrected chi connectivity index (χ2v) is 10.7. The van der Waals surface area contributed by atoms with Crippen molar-refractivity contribution in [1.82, 2.24) is 0 Å². The summed E-state index contributed by atoms with van der Waals surface area (Å²) in [5, 5.41) is 3.50. The molecule has 0 fully saturated rings. The van der Waals surface area contributed by atoms with Gasteiger partial charge in [-0.25, -0.2) is 4.39 Å². The molecule has 0 aliphatic carbocycles. The van der Waals surface area contributed by atoms with Crippen LogP contribution < -0.4 is 14.8 Å². The maximum Gasteiger partial charge on any atom is 0.132 e. The third kappa shape index (κ3) is 6.83. The van der Waals surface area contributed by atoms with E-state index in [2.05, 4.69) is 34.2 Å². The van der Waals surface area contributed by atoms with E-state index in [9.17, 15) is 4.39 Å². The summed E-state index contributed by atoms with van der Waals surface area (Å²) in [6.45, 7) is 7.51. The van der Waals surface area contributed by atoms with Crippen LogP contribution in [-0.2, 0) is 22.6 Å². The van der Waals surface area contributed by atoms with Gasteiger partial charge in [-0.2, -0.15) is 0 Å². The van der Waals surface area contributed by atoms with Gasteiger partial charge in [0.15, 0.2) is 0 Å². The molecule has 0 radical (unpaired) electrons. The first-order valence-corrected chi connectivity index (χ1v) is 13.5. The van der Waals surface area contributed by atoms with E-state index < -0.39 is 11.7 Å². The minimum atomic E-state index is -0.673. The van der Waals surface area contributed by atoms with Gasteiger partial charge in [-0.05, 0) is 68.3 Å². The van der Waals surface area contributed by atoms with Crippen molar-refractivity contribution in [3.8, 4) is 11.5 Å². The smallest absolute Gasteiger partial charge is 0.132 e. The Morgan fingerprint density at radius 1 is 1.03 bits per heavy atom. The average molecular weight is 573 g/mol. The maximum atomic E-state index is 14.5. The van der Waals surface area contributed by atoms with E-state index in [1.165, 1.54) is 6.07 Å². The summed E-state index contributed by atoms with van der Waals surface area (Å²) in [4.78, 5) is 0. The van der Waals surface area contributed by atoms with Crippen molar-refractivity contribution in [1.29, 1.82) is 0 Å². The van der Waals surface area contributed by atoms with Gasteiger partial charge in [-0.3, -0.25) is 0 Å². The highest BCUT2D eigenvalue weighted by Gasteiger charge is 2.45. The normalized spacial score (nSPS) is 18.1. The summed E-state index contributed by atoms with van der Waals surface area (Å²) in [6, 6.07) is 19.0. The Morgan fingerprint density at radius 2 is 1.81 bits per heavy atom. The first-order valence-electron chi connectivity index (χ1n) is 12.7. The minimum absolute atomic E-state index is 0.120. The molecule has 5 nitrogen and oxygen atoms in total. The Bertz CT molecular complexity index is 1180. The third-order valence-electron chi connectivity index (χ3n) is 6.53. The summed E-state index contributed by atoms with van der Waals surface area (Å²) >= 11 is 3.31. The number of fused-ring (bicyclic) bond motifs is 1. The number of anilines is 1. The standard InChI is InChI=1S/C30H35BrFNO4/c1-5-6-15-35-28-25-17-23(33-18-20-7-12-24(34-4)13-8-20)11-14-27(25)37-30(2,3)29(28)36-19-21-9-10-22(31)16-26(21)32/h7-14,16-17,28-29,33H,5-6,15,18-19H2,1-4H3. The van der Waals surface area contributed by atoms with Crippen LogP contribution >= 0.6 is 15.9 Å². The molecular formula is C30H35BrFNO4. The lowest BCUT2D eigenvalue weighted by atomic mass is 9.87. The van der Waals surface area contributed by atoms with E-state index in [0.717, 1.165) is 41.2 Å². The number of halogens is 2. The Balaban J connectivity index is 1.56. The average Bonchev–Trinajstić information content (AvgIpc) is 2.88. The topological polar surface area (TPSA) is 49.0 Å². The molecule has 2 unspecified atom stereocenters. The molecule has 0 saturated carbocycles. The highest BCUT2D eigenvalue weighted by atomic mass is 79.9. The van der Waals surface area contributed by atoms with E-state index in [-0.39, 0.29) is 18.5 Å². The zero-order valence-corrected chi connectivity index (χ0v) is 23.4. The number of ether oxygens (including phenoxy) is 4. The molecule has 0 amide bonds. The number of hydrogen-bond donors (Lipinski definition) is 1. The number of unbranched alkanes of at least 4 members (excludes halogenated alkanes) is 1. The maximum absolute atomic E-state index is 14.5. The zero-order valence-electron chi connectivity index (χ0n) is 21.9. The molecule has 3 aromatic rings. The zero-order chi connectivity index (χ0) is 26.4. The number of rotatable bonds is 11. The fourth-order valence-corrected chi connectivity index (χ4v) is 4.76. The van der Waals surface area contributed by atoms with Crippen LogP contribution in [0.15, 0.2) is 65.1 Å². The summed E-state index contributed by atoms with van der Waals surface area (Å²) < 4.78 is 39.6. The van der Waals surface area contributed by atoms with Crippen LogP contribution in [0.1, 0.15) is 56.4 Å². The highest BCUT2D eigenvalue weighted by molar-refractivity contribution is 9.10. The van der Waals surface area contributed by atoms with E-state index in [4.69, 9.17) is 18.9 Å². The molecule has 198 valence electrons. The van der Waals surface area contributed by atoms with E-state index in [1.807, 2.05) is 56.3 Å². The molecule has 1 N–H and O–H groups in total. The molecule has 37 heavy (non-hydrogen) atoms. The van der Waals surface area contributed by atoms with Gasteiger partial charge in [-0.15, -0.1) is 0 Å². The first kappa shape index (κ1) is 27.4. The lowest BCUT2D eigenvalue weighted by Crippen LogP contribution is -2.51. The molecule has 1 aliphatic heterocycles. The van der Waals surface area contributed by atoms with Crippen LogP contribution in [0, 0.1) is 5.82 Å². The Kier molecular flexibility index (Phi) is 9.11. The van der Waals surface area contributed by atoms with Gasteiger partial charge in [0, 0.05) is 34.4 Å². The second kappa shape index (κ2) is 12.3.